The molecule has 3 N–H and O–H groups in total. The topological polar surface area (TPSA) is 77.8 Å². The zero-order chi connectivity index (χ0) is 4.50. The molecule has 0 saturated carbocycles. The van der Waals surface area contributed by atoms with E-state index < -0.39 is 7.82 Å². The van der Waals surface area contributed by atoms with Crippen LogP contribution in [0.2, 0.25) is 0 Å². The molecule has 0 saturated heterocycles. The summed E-state index contributed by atoms with van der Waals surface area (Å²) in [5.41, 5.74) is 0. The monoisotopic (exact) mass is 244 g/mol. The summed E-state index contributed by atoms with van der Waals surface area (Å²) in [4.78, 5) is 21.6. The first kappa shape index (κ1) is 16.0. The van der Waals surface area contributed by atoms with Gasteiger partial charge in [0.05, 0.1) is 0 Å². The maximum absolute atomic E-state index is 8.88. The van der Waals surface area contributed by atoms with Crippen molar-refractivity contribution in [3.05, 3.63) is 0 Å². The van der Waals surface area contributed by atoms with Gasteiger partial charge in [-0.2, -0.15) is 0 Å². The van der Waals surface area contributed by atoms with E-state index >= 15 is 0 Å². The second kappa shape index (κ2) is 6.04. The Balaban J connectivity index is -0.0000000800. The number of hydrogen-bond donors (Lipinski definition) is 3. The summed E-state index contributed by atoms with van der Waals surface area (Å²) in [7, 11) is -4.64. The van der Waals surface area contributed by atoms with Crippen LogP contribution in [0.4, 0.5) is 0 Å². The van der Waals surface area contributed by atoms with Crippen molar-refractivity contribution in [2.75, 3.05) is 0 Å². The predicted octanol–water partition coefficient (Wildman–Crippen LogP) is -2.49. The van der Waals surface area contributed by atoms with Gasteiger partial charge in [-0.25, -0.2) is 4.57 Å². The van der Waals surface area contributed by atoms with Crippen molar-refractivity contribution in [2.24, 2.45) is 0 Å². The van der Waals surface area contributed by atoms with Crippen LogP contribution in [0.1, 0.15) is 0 Å². The second-order valence-corrected chi connectivity index (χ2v) is 1.54. The molecule has 0 unspecified atom stereocenters. The van der Waals surface area contributed by atoms with Gasteiger partial charge in [0.15, 0.2) is 0 Å². The van der Waals surface area contributed by atoms with Crippen molar-refractivity contribution in [1.82, 2.24) is 0 Å². The molecule has 40 valence electrons. The Kier molecular flexibility index (Phi) is 13.8. The van der Waals surface area contributed by atoms with Crippen molar-refractivity contribution in [3.63, 3.8) is 0 Å². The summed E-state index contributed by atoms with van der Waals surface area (Å²) in [6.07, 6.45) is 0. The molecule has 4 nitrogen and oxygen atoms in total. The Bertz CT molecular complexity index is 57.8. The molecule has 7 heteroatoms. The van der Waals surface area contributed by atoms with Crippen LogP contribution in [0.5, 0.6) is 0 Å². The molecule has 0 bridgehead atoms. The van der Waals surface area contributed by atoms with E-state index in [1.54, 1.807) is 0 Å². The fourth-order valence-electron chi connectivity index (χ4n) is 0. The van der Waals surface area contributed by atoms with Crippen LogP contribution in [0.15, 0.2) is 0 Å². The molecule has 0 amide bonds. The van der Waals surface area contributed by atoms with Gasteiger partial charge in [0.1, 0.15) is 0 Å². The summed E-state index contributed by atoms with van der Waals surface area (Å²) < 4.78 is 8.88. The van der Waals surface area contributed by atoms with Crippen molar-refractivity contribution >= 4 is 61.3 Å². The van der Waals surface area contributed by atoms with Gasteiger partial charge in [-0.3, -0.25) is 0 Å². The fraction of sp³-hybridized carbons (Fsp3) is 0. The first-order valence-electron chi connectivity index (χ1n) is 0.783. The minimum atomic E-state index is -4.64. The van der Waals surface area contributed by atoms with Crippen molar-refractivity contribution in [1.29, 1.82) is 0 Å². The molecule has 7 heavy (non-hydrogen) atoms. The Morgan fingerprint density at radius 3 is 1.14 bits per heavy atom. The standard InChI is InChI=1S/Na.H3O4P.Sn.3H/c;1-5(2,3)4;;;;/h;(H3,1,2,3,4);;;;. The molecule has 0 rings (SSSR count). The quantitative estimate of drug-likeness (QED) is 0.324. The summed E-state index contributed by atoms with van der Waals surface area (Å²) in [5.74, 6) is 0. The minimum absolute atomic E-state index is 0. The van der Waals surface area contributed by atoms with Crippen LogP contribution in [0.3, 0.4) is 0 Å². The molecule has 0 heterocycles. The average Bonchev–Trinajstić information content (AvgIpc) is 0.722. The summed E-state index contributed by atoms with van der Waals surface area (Å²) in [6, 6.07) is 0. The normalized spacial score (nSPS) is 8.43. The third-order valence-corrected chi connectivity index (χ3v) is 0. The zero-order valence-electron chi connectivity index (χ0n) is 2.90. The van der Waals surface area contributed by atoms with Gasteiger partial charge < -0.3 is 14.7 Å². The van der Waals surface area contributed by atoms with Gasteiger partial charge in [0, 0.05) is 0 Å². The molecular formula is H6NaO4PSn. The predicted molar refractivity (Wildman–Crippen MR) is 30.0 cm³/mol. The summed E-state index contributed by atoms with van der Waals surface area (Å²) >= 11 is 0. The van der Waals surface area contributed by atoms with Gasteiger partial charge in [0.25, 0.3) is 0 Å². The molecule has 0 aliphatic heterocycles. The fourth-order valence-corrected chi connectivity index (χ4v) is 0. The molecule has 0 aromatic heterocycles. The maximum atomic E-state index is 8.88. The van der Waals surface area contributed by atoms with Gasteiger partial charge in [-0.15, -0.1) is 0 Å². The van der Waals surface area contributed by atoms with Gasteiger partial charge >= 0.3 is 61.3 Å². The molecule has 2 radical (unpaired) electrons. The molecular weight excluding hydrogens is 237 g/mol. The van der Waals surface area contributed by atoms with Crippen LogP contribution in [0.25, 0.3) is 0 Å². The Hall–Kier alpha value is 1.91. The summed E-state index contributed by atoms with van der Waals surface area (Å²) in [5, 5.41) is 0. The van der Waals surface area contributed by atoms with Gasteiger partial charge in [-0.05, 0) is 0 Å². The van der Waals surface area contributed by atoms with E-state index in [0.29, 0.717) is 0 Å². The number of rotatable bonds is 0. The summed E-state index contributed by atoms with van der Waals surface area (Å²) in [6.45, 7) is 0. The van der Waals surface area contributed by atoms with E-state index in [0.717, 1.165) is 0 Å². The van der Waals surface area contributed by atoms with E-state index in [2.05, 4.69) is 0 Å². The number of hydrogen-bond acceptors (Lipinski definition) is 1. The van der Waals surface area contributed by atoms with E-state index in [4.69, 9.17) is 19.2 Å². The van der Waals surface area contributed by atoms with Crippen LogP contribution in [-0.4, -0.2) is 68.1 Å². The molecule has 0 atom stereocenters. The third-order valence-electron chi connectivity index (χ3n) is 0. The molecule has 0 spiro atoms. The molecule has 0 aromatic carbocycles. The van der Waals surface area contributed by atoms with Crippen molar-refractivity contribution in [3.8, 4) is 0 Å². The third kappa shape index (κ3) is 75.8. The van der Waals surface area contributed by atoms with Gasteiger partial charge in [-0.1, -0.05) is 0 Å². The molecule has 0 fully saturated rings. The second-order valence-electron chi connectivity index (χ2n) is 0.513. The molecule has 0 aliphatic carbocycles. The van der Waals surface area contributed by atoms with Crippen LogP contribution < -0.4 is 0 Å². The first-order valence-corrected chi connectivity index (χ1v) is 2.35. The Labute approximate surface area is 79.8 Å². The average molecular weight is 243 g/mol. The van der Waals surface area contributed by atoms with Crippen LogP contribution >= 0.6 is 7.82 Å². The van der Waals surface area contributed by atoms with Crippen molar-refractivity contribution < 1.29 is 19.2 Å². The van der Waals surface area contributed by atoms with Crippen LogP contribution in [-0.2, 0) is 4.57 Å². The van der Waals surface area contributed by atoms with Crippen molar-refractivity contribution in [2.45, 2.75) is 0 Å². The zero-order valence-corrected chi connectivity index (χ0v) is 7.83. The molecule has 0 aliphatic rings. The van der Waals surface area contributed by atoms with E-state index in [-0.39, 0.29) is 53.5 Å². The Morgan fingerprint density at radius 2 is 1.14 bits per heavy atom. The van der Waals surface area contributed by atoms with E-state index in [1.165, 1.54) is 0 Å². The van der Waals surface area contributed by atoms with Crippen LogP contribution in [0, 0.1) is 0 Å². The first-order chi connectivity index (χ1) is 2.00. The Morgan fingerprint density at radius 1 is 1.14 bits per heavy atom. The number of phosphoric acid groups is 1. The molecule has 0 aromatic rings. The SMILES string of the molecule is O=P(O)(O)O.[NaH].[SnH2]. The van der Waals surface area contributed by atoms with E-state index in [1.807, 2.05) is 0 Å². The van der Waals surface area contributed by atoms with Gasteiger partial charge in [0.2, 0.25) is 0 Å². The van der Waals surface area contributed by atoms with E-state index in [9.17, 15) is 0 Å².